The van der Waals surface area contributed by atoms with Gasteiger partial charge in [-0.05, 0) is 18.6 Å². The molecule has 2 rings (SSSR count). The number of hydrogen-bond donors (Lipinski definition) is 0. The van der Waals surface area contributed by atoms with E-state index in [4.69, 9.17) is 14.2 Å². The second-order valence-corrected chi connectivity index (χ2v) is 6.99. The van der Waals surface area contributed by atoms with E-state index in [9.17, 15) is 9.59 Å². The Morgan fingerprint density at radius 1 is 1.19 bits per heavy atom. The summed E-state index contributed by atoms with van der Waals surface area (Å²) in [6.45, 7) is 8.71. The van der Waals surface area contributed by atoms with E-state index in [1.807, 2.05) is 39.0 Å². The Hall–Kier alpha value is -1.92. The van der Waals surface area contributed by atoms with Gasteiger partial charge in [-0.15, -0.1) is 0 Å². The van der Waals surface area contributed by atoms with Crippen LogP contribution in [0.5, 0.6) is 5.75 Å². The second-order valence-electron chi connectivity index (χ2n) is 6.99. The van der Waals surface area contributed by atoms with Crippen molar-refractivity contribution in [3.05, 3.63) is 30.3 Å². The number of nitrogens with zero attached hydrogens (tertiary/aromatic N) is 1. The molecule has 1 aromatic carbocycles. The molecule has 1 unspecified atom stereocenters. The predicted octanol–water partition coefficient (Wildman–Crippen LogP) is 2.52. The topological polar surface area (TPSA) is 65.1 Å². The largest absolute Gasteiger partial charge is 0.464 e. The number of rotatable bonds is 8. The second kappa shape index (κ2) is 10.3. The third-order valence-corrected chi connectivity index (χ3v) is 4.33. The first-order valence-corrected chi connectivity index (χ1v) is 9.23. The average molecular weight is 363 g/mol. The zero-order chi connectivity index (χ0) is 18.9. The quantitative estimate of drug-likeness (QED) is 0.522. The van der Waals surface area contributed by atoms with E-state index in [-0.39, 0.29) is 29.9 Å². The van der Waals surface area contributed by atoms with E-state index in [2.05, 4.69) is 4.90 Å². The van der Waals surface area contributed by atoms with Crippen molar-refractivity contribution in [2.45, 2.75) is 33.3 Å². The van der Waals surface area contributed by atoms with E-state index in [0.717, 1.165) is 13.1 Å². The van der Waals surface area contributed by atoms with Gasteiger partial charge >= 0.3 is 11.9 Å². The van der Waals surface area contributed by atoms with Crippen molar-refractivity contribution >= 4 is 11.9 Å². The lowest BCUT2D eigenvalue weighted by atomic mass is 10.0. The van der Waals surface area contributed by atoms with E-state index in [1.165, 1.54) is 0 Å². The van der Waals surface area contributed by atoms with Crippen LogP contribution in [-0.2, 0) is 19.1 Å². The van der Waals surface area contributed by atoms with Crippen LogP contribution < -0.4 is 4.74 Å². The lowest BCUT2D eigenvalue weighted by Crippen LogP contribution is -2.45. The Morgan fingerprint density at radius 3 is 2.62 bits per heavy atom. The van der Waals surface area contributed by atoms with Crippen LogP contribution in [0.2, 0.25) is 0 Å². The summed E-state index contributed by atoms with van der Waals surface area (Å²) in [7, 11) is 0. The number of para-hydroxylation sites is 1. The Bertz CT molecular complexity index is 575. The van der Waals surface area contributed by atoms with E-state index in [0.29, 0.717) is 31.9 Å². The molecule has 0 amide bonds. The minimum Gasteiger partial charge on any atom is -0.464 e. The number of esters is 2. The molecule has 0 bridgehead atoms. The lowest BCUT2D eigenvalue weighted by molar-refractivity contribution is -0.148. The Balaban J connectivity index is 1.73. The molecule has 1 fully saturated rings. The fourth-order valence-corrected chi connectivity index (χ4v) is 2.76. The summed E-state index contributed by atoms with van der Waals surface area (Å²) in [4.78, 5) is 25.9. The van der Waals surface area contributed by atoms with Gasteiger partial charge in [0, 0.05) is 19.6 Å². The number of hydrogen-bond acceptors (Lipinski definition) is 6. The van der Waals surface area contributed by atoms with Crippen LogP contribution in [0, 0.1) is 11.8 Å². The Kier molecular flexibility index (Phi) is 8.06. The first-order chi connectivity index (χ1) is 12.5. The number of carbonyl (C=O) groups excluding carboxylic acids is 2. The molecule has 1 aromatic rings. The summed E-state index contributed by atoms with van der Waals surface area (Å²) in [6.07, 6.45) is 0.580. The van der Waals surface area contributed by atoms with Gasteiger partial charge in [0.15, 0.2) is 0 Å². The zero-order valence-corrected chi connectivity index (χ0v) is 15.8. The van der Waals surface area contributed by atoms with Crippen LogP contribution in [0.1, 0.15) is 27.2 Å². The highest BCUT2D eigenvalue weighted by molar-refractivity contribution is 5.74. The van der Waals surface area contributed by atoms with Gasteiger partial charge in [-0.2, -0.15) is 0 Å². The summed E-state index contributed by atoms with van der Waals surface area (Å²) >= 11 is 0. The van der Waals surface area contributed by atoms with Gasteiger partial charge in [0.2, 0.25) is 0 Å². The molecular weight excluding hydrogens is 334 g/mol. The van der Waals surface area contributed by atoms with E-state index in [1.54, 1.807) is 12.1 Å². The maximum atomic E-state index is 12.2. The normalized spacial score (nSPS) is 19.2. The van der Waals surface area contributed by atoms with Crippen molar-refractivity contribution in [1.82, 2.24) is 4.90 Å². The fraction of sp³-hybridized carbons (Fsp3) is 0.600. The molecule has 0 N–H and O–H groups in total. The first-order valence-electron chi connectivity index (χ1n) is 9.23. The molecule has 0 spiro atoms. The highest BCUT2D eigenvalue weighted by Crippen LogP contribution is 2.18. The minimum absolute atomic E-state index is 0.0251. The Morgan fingerprint density at radius 2 is 1.92 bits per heavy atom. The molecule has 6 nitrogen and oxygen atoms in total. The van der Waals surface area contributed by atoms with Crippen molar-refractivity contribution in [3.63, 3.8) is 0 Å². The minimum atomic E-state index is -0.251. The summed E-state index contributed by atoms with van der Waals surface area (Å²) in [5, 5.41) is 0. The molecule has 0 aliphatic carbocycles. The molecule has 0 saturated carbocycles. The molecule has 26 heavy (non-hydrogen) atoms. The van der Waals surface area contributed by atoms with Crippen LogP contribution in [-0.4, -0.2) is 55.8 Å². The fourth-order valence-electron chi connectivity index (χ4n) is 2.76. The highest BCUT2D eigenvalue weighted by atomic mass is 16.5. The third-order valence-electron chi connectivity index (χ3n) is 4.33. The smallest absolute Gasteiger partial charge is 0.314 e. The summed E-state index contributed by atoms with van der Waals surface area (Å²) < 4.78 is 16.4. The van der Waals surface area contributed by atoms with Crippen molar-refractivity contribution in [2.24, 2.45) is 11.8 Å². The average Bonchev–Trinajstić information content (AvgIpc) is 2.62. The van der Waals surface area contributed by atoms with Gasteiger partial charge < -0.3 is 14.2 Å². The van der Waals surface area contributed by atoms with Crippen LogP contribution in [0.3, 0.4) is 0 Å². The molecule has 0 radical (unpaired) electrons. The predicted molar refractivity (Wildman–Crippen MR) is 97.8 cm³/mol. The monoisotopic (exact) mass is 363 g/mol. The van der Waals surface area contributed by atoms with Gasteiger partial charge in [0.1, 0.15) is 12.4 Å². The van der Waals surface area contributed by atoms with Crippen LogP contribution in [0.15, 0.2) is 30.3 Å². The van der Waals surface area contributed by atoms with Gasteiger partial charge in [-0.25, -0.2) is 0 Å². The van der Waals surface area contributed by atoms with Crippen LogP contribution in [0.4, 0.5) is 0 Å². The van der Waals surface area contributed by atoms with Crippen LogP contribution >= 0.6 is 0 Å². The summed E-state index contributed by atoms with van der Waals surface area (Å²) in [5.41, 5.74) is 0. The van der Waals surface area contributed by atoms with Gasteiger partial charge in [0.25, 0.3) is 0 Å². The maximum absolute atomic E-state index is 12.2. The zero-order valence-electron chi connectivity index (χ0n) is 15.8. The molecule has 0 aromatic heterocycles. The molecule has 2 atom stereocenters. The van der Waals surface area contributed by atoms with Crippen molar-refractivity contribution in [1.29, 1.82) is 0 Å². The van der Waals surface area contributed by atoms with Crippen LogP contribution in [0.25, 0.3) is 0 Å². The Labute approximate surface area is 155 Å². The molecule has 1 saturated heterocycles. The van der Waals surface area contributed by atoms with Gasteiger partial charge in [-0.1, -0.05) is 39.0 Å². The van der Waals surface area contributed by atoms with Crippen molar-refractivity contribution < 1.29 is 23.8 Å². The summed E-state index contributed by atoms with van der Waals surface area (Å²) in [6, 6.07) is 9.08. The first kappa shape index (κ1) is 20.4. The maximum Gasteiger partial charge on any atom is 0.314 e. The molecular formula is C20H29NO5. The van der Waals surface area contributed by atoms with Crippen molar-refractivity contribution in [3.8, 4) is 5.75 Å². The third kappa shape index (κ3) is 6.77. The number of morpholine rings is 1. The van der Waals surface area contributed by atoms with Crippen molar-refractivity contribution in [2.75, 3.05) is 32.8 Å². The molecule has 1 aliphatic rings. The van der Waals surface area contributed by atoms with E-state index < -0.39 is 0 Å². The van der Waals surface area contributed by atoms with E-state index >= 15 is 0 Å². The van der Waals surface area contributed by atoms with Gasteiger partial charge in [0.05, 0.1) is 24.5 Å². The summed E-state index contributed by atoms with van der Waals surface area (Å²) in [5.74, 6) is -0.222. The molecule has 144 valence electrons. The molecule has 1 heterocycles. The number of ether oxygens (including phenoxy) is 3. The SMILES string of the molecule is CC(C)C(=O)OCCN1CCOC(C[C@H](C)C(=O)Oc2ccccc2)C1. The number of carbonyl (C=O) groups is 2. The lowest BCUT2D eigenvalue weighted by Gasteiger charge is -2.33. The van der Waals surface area contributed by atoms with Gasteiger partial charge in [-0.3, -0.25) is 14.5 Å². The standard InChI is InChI=1S/C20H29NO5/c1-15(2)19(22)25-12-10-21-9-11-24-18(14-21)13-16(3)20(23)26-17-7-5-4-6-8-17/h4-8,15-16,18H,9-14H2,1-3H3/t16-,18?/m0/s1. The molecule has 6 heteroatoms. The molecule has 1 aliphatic heterocycles. The highest BCUT2D eigenvalue weighted by Gasteiger charge is 2.26. The number of benzene rings is 1.